The number of anilines is 1. The summed E-state index contributed by atoms with van der Waals surface area (Å²) in [5, 5.41) is 17.2. The molecule has 2 aromatic carbocycles. The Kier molecular flexibility index (Phi) is 7.02. The van der Waals surface area contributed by atoms with E-state index in [9.17, 15) is 9.90 Å². The minimum absolute atomic E-state index is 0.193. The van der Waals surface area contributed by atoms with Gasteiger partial charge in [-0.1, -0.05) is 52.1 Å². The van der Waals surface area contributed by atoms with Gasteiger partial charge in [0.05, 0.1) is 27.2 Å². The maximum Gasteiger partial charge on any atom is 0.150 e. The summed E-state index contributed by atoms with van der Waals surface area (Å²) in [6.45, 7) is 1.07. The number of halogens is 3. The van der Waals surface area contributed by atoms with E-state index in [0.717, 1.165) is 30.5 Å². The number of benzene rings is 2. The van der Waals surface area contributed by atoms with Gasteiger partial charge in [-0.25, -0.2) is 4.98 Å². The van der Waals surface area contributed by atoms with Crippen LogP contribution in [0, 0.1) is 0 Å². The molecule has 0 bridgehead atoms. The molecule has 1 atom stereocenters. The van der Waals surface area contributed by atoms with Crippen molar-refractivity contribution in [2.75, 3.05) is 18.0 Å². The van der Waals surface area contributed by atoms with E-state index in [2.05, 4.69) is 10.1 Å². The molecule has 39 heavy (non-hydrogen) atoms. The lowest BCUT2D eigenvalue weighted by atomic mass is 9.93. The molecular formula is C29H24Cl3N3O4. The number of nitrogens with zero attached hydrogens (tertiary/aromatic N) is 3. The summed E-state index contributed by atoms with van der Waals surface area (Å²) in [4.78, 5) is 17.5. The van der Waals surface area contributed by atoms with Crippen molar-refractivity contribution in [1.82, 2.24) is 10.1 Å². The molecule has 2 aliphatic rings. The van der Waals surface area contributed by atoms with Gasteiger partial charge in [0.25, 0.3) is 0 Å². The van der Waals surface area contributed by atoms with Crippen molar-refractivity contribution in [2.45, 2.75) is 37.4 Å². The average Bonchev–Trinajstić information content (AvgIpc) is 3.57. The molecule has 1 saturated heterocycles. The van der Waals surface area contributed by atoms with Crippen molar-refractivity contribution in [1.29, 1.82) is 0 Å². The normalized spacial score (nSPS) is 18.9. The van der Waals surface area contributed by atoms with E-state index in [1.54, 1.807) is 54.7 Å². The first-order chi connectivity index (χ1) is 18.9. The van der Waals surface area contributed by atoms with Crippen LogP contribution in [0.3, 0.4) is 0 Å². The van der Waals surface area contributed by atoms with Gasteiger partial charge in [0.2, 0.25) is 0 Å². The summed E-state index contributed by atoms with van der Waals surface area (Å²) >= 11 is 19.6. The van der Waals surface area contributed by atoms with Gasteiger partial charge in [0.1, 0.15) is 41.5 Å². The van der Waals surface area contributed by atoms with Crippen LogP contribution in [0.25, 0.3) is 11.3 Å². The van der Waals surface area contributed by atoms with Crippen molar-refractivity contribution < 1.29 is 19.2 Å². The van der Waals surface area contributed by atoms with Crippen LogP contribution in [0.2, 0.25) is 15.1 Å². The Morgan fingerprint density at radius 2 is 1.90 bits per heavy atom. The van der Waals surface area contributed by atoms with Crippen LogP contribution in [0.1, 0.15) is 52.4 Å². The maximum absolute atomic E-state index is 11.5. The Labute approximate surface area is 240 Å². The Bertz CT molecular complexity index is 1530. The second-order valence-electron chi connectivity index (χ2n) is 9.94. The fourth-order valence-electron chi connectivity index (χ4n) is 5.06. The summed E-state index contributed by atoms with van der Waals surface area (Å²) in [6, 6.07) is 14.0. The largest absolute Gasteiger partial charge is 0.489 e. The number of ether oxygens (including phenoxy) is 1. The van der Waals surface area contributed by atoms with Gasteiger partial charge >= 0.3 is 0 Å². The topological polar surface area (TPSA) is 88.7 Å². The summed E-state index contributed by atoms with van der Waals surface area (Å²) in [6.07, 6.45) is 4.90. The molecule has 0 spiro atoms. The second kappa shape index (κ2) is 10.5. The van der Waals surface area contributed by atoms with E-state index < -0.39 is 5.60 Å². The molecular weight excluding hydrogens is 561 g/mol. The second-order valence-corrected chi connectivity index (χ2v) is 11.2. The standard InChI is InChI=1S/C29H24Cl3N3O4/c30-22-2-1-3-23(31)26(22)27-20(28(39-34-27)18-4-5-18)15-38-19-6-7-21(24(32)13-19)29(37)9-11-35(16-29)25-12-17(14-36)8-10-33-25/h1-3,6-8,10,12-14,18,37H,4-5,9,11,15-16H2. The number of pyridine rings is 1. The third kappa shape index (κ3) is 5.12. The summed E-state index contributed by atoms with van der Waals surface area (Å²) in [5.74, 6) is 2.28. The predicted molar refractivity (Wildman–Crippen MR) is 150 cm³/mol. The van der Waals surface area contributed by atoms with Gasteiger partial charge < -0.3 is 19.3 Å². The minimum atomic E-state index is -1.17. The zero-order chi connectivity index (χ0) is 27.1. The van der Waals surface area contributed by atoms with Crippen LogP contribution in [-0.2, 0) is 12.2 Å². The zero-order valence-electron chi connectivity index (χ0n) is 20.7. The molecule has 3 heterocycles. The van der Waals surface area contributed by atoms with Gasteiger partial charge in [-0.3, -0.25) is 4.79 Å². The number of aldehydes is 1. The highest BCUT2D eigenvalue weighted by atomic mass is 35.5. The molecule has 6 rings (SSSR count). The quantitative estimate of drug-likeness (QED) is 0.222. The molecule has 4 aromatic rings. The molecule has 7 nitrogen and oxygen atoms in total. The lowest BCUT2D eigenvalue weighted by molar-refractivity contribution is 0.0607. The molecule has 2 aromatic heterocycles. The molecule has 1 unspecified atom stereocenters. The first-order valence-electron chi connectivity index (χ1n) is 12.6. The fourth-order valence-corrected chi connectivity index (χ4v) is 5.98. The van der Waals surface area contributed by atoms with E-state index in [1.165, 1.54) is 0 Å². The van der Waals surface area contributed by atoms with Crippen LogP contribution in [0.5, 0.6) is 5.75 Å². The van der Waals surface area contributed by atoms with Crippen LogP contribution < -0.4 is 9.64 Å². The molecule has 1 aliphatic carbocycles. The van der Waals surface area contributed by atoms with Crippen molar-refractivity contribution in [2.24, 2.45) is 0 Å². The Morgan fingerprint density at radius 1 is 1.10 bits per heavy atom. The number of aliphatic hydroxyl groups is 1. The molecule has 2 fully saturated rings. The van der Waals surface area contributed by atoms with Crippen molar-refractivity contribution >= 4 is 46.9 Å². The van der Waals surface area contributed by atoms with Crippen molar-refractivity contribution in [3.05, 3.63) is 92.2 Å². The molecule has 1 aliphatic heterocycles. The molecule has 10 heteroatoms. The van der Waals surface area contributed by atoms with E-state index in [4.69, 9.17) is 44.1 Å². The highest BCUT2D eigenvalue weighted by Gasteiger charge is 2.40. The lowest BCUT2D eigenvalue weighted by Gasteiger charge is -2.25. The summed E-state index contributed by atoms with van der Waals surface area (Å²) < 4.78 is 11.9. The predicted octanol–water partition coefficient (Wildman–Crippen LogP) is 7.06. The zero-order valence-corrected chi connectivity index (χ0v) is 23.0. The van der Waals surface area contributed by atoms with E-state index in [0.29, 0.717) is 74.4 Å². The van der Waals surface area contributed by atoms with Crippen LogP contribution >= 0.6 is 34.8 Å². The Hall–Kier alpha value is -3.10. The van der Waals surface area contributed by atoms with Crippen molar-refractivity contribution in [3.8, 4) is 17.0 Å². The molecule has 1 N–H and O–H groups in total. The molecule has 1 saturated carbocycles. The summed E-state index contributed by atoms with van der Waals surface area (Å²) in [5.41, 5.74) is 1.97. The van der Waals surface area contributed by atoms with Gasteiger partial charge in [0, 0.05) is 35.3 Å². The molecule has 200 valence electrons. The molecule has 0 radical (unpaired) electrons. The van der Waals surface area contributed by atoms with Gasteiger partial charge in [-0.2, -0.15) is 0 Å². The number of aromatic nitrogens is 2. The highest BCUT2D eigenvalue weighted by molar-refractivity contribution is 6.39. The number of hydrogen-bond donors (Lipinski definition) is 1. The number of rotatable bonds is 8. The maximum atomic E-state index is 11.5. The highest BCUT2D eigenvalue weighted by Crippen LogP contribution is 2.46. The number of carbonyl (C=O) groups excluding carboxylic acids is 1. The smallest absolute Gasteiger partial charge is 0.150 e. The first kappa shape index (κ1) is 26.1. The lowest BCUT2D eigenvalue weighted by Crippen LogP contribution is -2.31. The van der Waals surface area contributed by atoms with Crippen LogP contribution in [0.15, 0.2) is 59.3 Å². The van der Waals surface area contributed by atoms with E-state index >= 15 is 0 Å². The monoisotopic (exact) mass is 583 g/mol. The van der Waals surface area contributed by atoms with Gasteiger partial charge in [-0.05, 0) is 55.7 Å². The van der Waals surface area contributed by atoms with Crippen LogP contribution in [0.4, 0.5) is 5.82 Å². The average molecular weight is 585 g/mol. The summed E-state index contributed by atoms with van der Waals surface area (Å²) in [7, 11) is 0. The van der Waals surface area contributed by atoms with Gasteiger partial charge in [-0.15, -0.1) is 0 Å². The number of carbonyl (C=O) groups is 1. The third-order valence-electron chi connectivity index (χ3n) is 7.27. The van der Waals surface area contributed by atoms with Crippen LogP contribution in [-0.4, -0.2) is 34.6 Å². The SMILES string of the molecule is O=Cc1ccnc(N2CCC(O)(c3ccc(OCc4c(-c5c(Cl)cccc5Cl)noc4C4CC4)cc3Cl)C2)c1. The van der Waals surface area contributed by atoms with Gasteiger partial charge in [0.15, 0.2) is 0 Å². The van der Waals surface area contributed by atoms with E-state index in [1.807, 2.05) is 4.90 Å². The Balaban J connectivity index is 1.22. The number of hydrogen-bond acceptors (Lipinski definition) is 7. The minimum Gasteiger partial charge on any atom is -0.489 e. The molecule has 0 amide bonds. The number of β-amino-alcohol motifs (C(OH)–C–C–N with tert-alkyl or cyclic N) is 1. The Morgan fingerprint density at radius 3 is 2.62 bits per heavy atom. The first-order valence-corrected chi connectivity index (χ1v) is 13.7. The third-order valence-corrected chi connectivity index (χ3v) is 8.21. The van der Waals surface area contributed by atoms with Crippen molar-refractivity contribution in [3.63, 3.8) is 0 Å². The van der Waals surface area contributed by atoms with E-state index in [-0.39, 0.29) is 6.61 Å². The fraction of sp³-hybridized carbons (Fsp3) is 0.276.